The summed E-state index contributed by atoms with van der Waals surface area (Å²) in [5.41, 5.74) is 1.47. The van der Waals surface area contributed by atoms with Crippen LogP contribution in [-0.4, -0.2) is 48.5 Å². The molecule has 10 nitrogen and oxygen atoms in total. The van der Waals surface area contributed by atoms with Gasteiger partial charge in [-0.2, -0.15) is 0 Å². The van der Waals surface area contributed by atoms with Crippen LogP contribution >= 0.6 is 11.3 Å². The van der Waals surface area contributed by atoms with Crippen LogP contribution in [0.4, 0.5) is 9.59 Å². The summed E-state index contributed by atoms with van der Waals surface area (Å²) in [5, 5.41) is 8.68. The van der Waals surface area contributed by atoms with Gasteiger partial charge in [-0.25, -0.2) is 27.7 Å². The third-order valence-electron chi connectivity index (χ3n) is 7.16. The van der Waals surface area contributed by atoms with E-state index in [1.807, 2.05) is 44.2 Å². The average Bonchev–Trinajstić information content (AvgIpc) is 3.41. The molecule has 0 radical (unpaired) electrons. The lowest BCUT2D eigenvalue weighted by Gasteiger charge is -2.29. The summed E-state index contributed by atoms with van der Waals surface area (Å²) in [6.07, 6.45) is 8.28. The Hall–Kier alpha value is -3.22. The number of urea groups is 1. The van der Waals surface area contributed by atoms with Crippen LogP contribution in [0, 0.1) is 0 Å². The van der Waals surface area contributed by atoms with Gasteiger partial charge in [-0.15, -0.1) is 11.3 Å². The van der Waals surface area contributed by atoms with Crippen LogP contribution < -0.4 is 20.7 Å². The number of hydrogen-bond acceptors (Lipinski definition) is 7. The topological polar surface area (TPSA) is 139 Å². The van der Waals surface area contributed by atoms with Crippen molar-refractivity contribution in [3.8, 4) is 0 Å². The Bertz CT molecular complexity index is 1440. The maximum absolute atomic E-state index is 13.7. The number of aromatic nitrogens is 1. The number of carbonyl (C=O) groups is 2. The van der Waals surface area contributed by atoms with Crippen molar-refractivity contribution < 1.29 is 22.7 Å². The molecule has 1 aromatic carbocycles. The van der Waals surface area contributed by atoms with Crippen LogP contribution in [0.5, 0.6) is 0 Å². The quantitative estimate of drug-likeness (QED) is 0.287. The molecule has 1 aromatic heterocycles. The number of rotatable bonds is 9. The second-order valence-electron chi connectivity index (χ2n) is 12.4. The Labute approximate surface area is 258 Å². The number of allylic oxidation sites excluding steroid dienone is 3. The number of benzene rings is 1. The molecule has 2 aliphatic carbocycles. The van der Waals surface area contributed by atoms with Gasteiger partial charge in [0.1, 0.15) is 5.25 Å². The number of ether oxygens (including phenoxy) is 1. The Morgan fingerprint density at radius 2 is 1.77 bits per heavy atom. The lowest BCUT2D eigenvalue weighted by molar-refractivity contribution is 0.109. The van der Waals surface area contributed by atoms with Gasteiger partial charge in [0.2, 0.25) is 10.0 Å². The first-order valence-electron chi connectivity index (χ1n) is 14.7. The molecular weight excluding hydrogens is 587 g/mol. The minimum atomic E-state index is -3.81. The molecule has 1 saturated carbocycles. The smallest absolute Gasteiger partial charge is 0.407 e. The summed E-state index contributed by atoms with van der Waals surface area (Å²) in [6, 6.07) is 9.24. The van der Waals surface area contributed by atoms with Gasteiger partial charge in [0, 0.05) is 42.4 Å². The molecule has 2 aliphatic rings. The minimum absolute atomic E-state index is 0.0712. The Kier molecular flexibility index (Phi) is 10.7. The van der Waals surface area contributed by atoms with E-state index in [4.69, 9.17) is 9.72 Å². The molecule has 43 heavy (non-hydrogen) atoms. The van der Waals surface area contributed by atoms with Crippen LogP contribution in [0.25, 0.3) is 5.57 Å². The van der Waals surface area contributed by atoms with Gasteiger partial charge in [0.25, 0.3) is 0 Å². The molecule has 3 amide bonds. The van der Waals surface area contributed by atoms with E-state index in [0.717, 1.165) is 41.1 Å². The van der Waals surface area contributed by atoms with Crippen molar-refractivity contribution >= 4 is 39.1 Å². The number of thiazole rings is 1. The highest BCUT2D eigenvalue weighted by molar-refractivity contribution is 7.90. The van der Waals surface area contributed by atoms with E-state index in [2.05, 4.69) is 20.7 Å². The molecule has 1 unspecified atom stereocenters. The number of amides is 3. The van der Waals surface area contributed by atoms with E-state index < -0.39 is 26.8 Å². The van der Waals surface area contributed by atoms with E-state index in [0.29, 0.717) is 17.8 Å². The van der Waals surface area contributed by atoms with Gasteiger partial charge in [-0.05, 0) is 77.5 Å². The van der Waals surface area contributed by atoms with Gasteiger partial charge in [-0.1, -0.05) is 36.4 Å². The number of hydrogen-bond donors (Lipinski definition) is 4. The first kappa shape index (κ1) is 32.7. The zero-order valence-corrected chi connectivity index (χ0v) is 27.1. The molecule has 234 valence electrons. The first-order chi connectivity index (χ1) is 20.3. The molecule has 0 spiro atoms. The van der Waals surface area contributed by atoms with Crippen molar-refractivity contribution in [1.82, 2.24) is 25.7 Å². The highest BCUT2D eigenvalue weighted by atomic mass is 32.2. The van der Waals surface area contributed by atoms with E-state index in [1.165, 1.54) is 11.3 Å². The Balaban J connectivity index is 1.46. The van der Waals surface area contributed by atoms with Crippen molar-refractivity contribution in [2.24, 2.45) is 0 Å². The van der Waals surface area contributed by atoms with Gasteiger partial charge in [0.05, 0.1) is 16.0 Å². The third-order valence-corrected chi connectivity index (χ3v) is 10.4. The maximum atomic E-state index is 13.7. The second kappa shape index (κ2) is 14.0. The largest absolute Gasteiger partial charge is 0.447 e. The normalized spacial score (nSPS) is 21.0. The summed E-state index contributed by atoms with van der Waals surface area (Å²) < 4.78 is 35.3. The van der Waals surface area contributed by atoms with Crippen LogP contribution in [-0.2, 0) is 21.3 Å². The number of nitrogens with zero attached hydrogens (tertiary/aromatic N) is 1. The van der Waals surface area contributed by atoms with E-state index in [1.54, 1.807) is 39.1 Å². The highest BCUT2D eigenvalue weighted by Crippen LogP contribution is 2.39. The first-order valence-corrected chi connectivity index (χ1v) is 17.1. The predicted molar refractivity (Wildman–Crippen MR) is 170 cm³/mol. The van der Waals surface area contributed by atoms with Crippen molar-refractivity contribution in [3.05, 3.63) is 69.8 Å². The summed E-state index contributed by atoms with van der Waals surface area (Å²) in [5.74, 6) is 0.242. The van der Waals surface area contributed by atoms with Gasteiger partial charge in [-0.3, -0.25) is 0 Å². The van der Waals surface area contributed by atoms with Crippen LogP contribution in [0.15, 0.2) is 54.4 Å². The van der Waals surface area contributed by atoms with Gasteiger partial charge < -0.3 is 20.7 Å². The number of carbonyl (C=O) groups excluding carboxylic acids is 2. The summed E-state index contributed by atoms with van der Waals surface area (Å²) in [7, 11) is -3.81. The molecule has 0 saturated heterocycles. The standard InChI is InChI=1S/C31H43N5O5S2/c1-20(2)41-30(38)35-23-13-11-22(12-14-23)28-32-19-26(42-28)25-16-15-24(17-27(25)43(39,40)36-31(3,4)5)34-29(37)33-18-21-9-7-6-8-10-21/h6-10,15-16,19-20,22-23,27,36H,11-14,17-18H2,1-5H3,(H,35,38)(H2,33,34,37). The lowest BCUT2D eigenvalue weighted by Crippen LogP contribution is -2.47. The van der Waals surface area contributed by atoms with Crippen molar-refractivity contribution in [2.45, 2.75) is 102 Å². The fourth-order valence-electron chi connectivity index (χ4n) is 5.26. The fourth-order valence-corrected chi connectivity index (χ4v) is 8.44. The number of alkyl carbamates (subject to hydrolysis) is 1. The molecule has 2 aromatic rings. The fraction of sp³-hybridized carbons (Fsp3) is 0.516. The molecule has 1 fully saturated rings. The number of nitrogens with one attached hydrogen (secondary N) is 4. The molecule has 4 N–H and O–H groups in total. The third kappa shape index (κ3) is 9.64. The van der Waals surface area contributed by atoms with Gasteiger partial charge in [0.15, 0.2) is 0 Å². The summed E-state index contributed by atoms with van der Waals surface area (Å²) in [4.78, 5) is 30.1. The summed E-state index contributed by atoms with van der Waals surface area (Å²) in [6.45, 7) is 9.43. The molecule has 4 rings (SSSR count). The van der Waals surface area contributed by atoms with Crippen molar-refractivity contribution in [3.63, 3.8) is 0 Å². The van der Waals surface area contributed by atoms with Crippen molar-refractivity contribution in [1.29, 1.82) is 0 Å². The second-order valence-corrected chi connectivity index (χ2v) is 15.3. The predicted octanol–water partition coefficient (Wildman–Crippen LogP) is 5.56. The average molecular weight is 630 g/mol. The molecule has 0 bridgehead atoms. The highest BCUT2D eigenvalue weighted by Gasteiger charge is 2.36. The van der Waals surface area contributed by atoms with E-state index in [-0.39, 0.29) is 30.6 Å². The van der Waals surface area contributed by atoms with Crippen molar-refractivity contribution in [2.75, 3.05) is 0 Å². The Morgan fingerprint density at radius 1 is 1.07 bits per heavy atom. The van der Waals surface area contributed by atoms with Crippen LogP contribution in [0.1, 0.15) is 88.1 Å². The van der Waals surface area contributed by atoms with Gasteiger partial charge >= 0.3 is 12.1 Å². The number of sulfonamides is 1. The summed E-state index contributed by atoms with van der Waals surface area (Å²) >= 11 is 1.52. The Morgan fingerprint density at radius 3 is 2.42 bits per heavy atom. The molecular formula is C31H43N5O5S2. The molecule has 0 aliphatic heterocycles. The molecule has 1 atom stereocenters. The van der Waals surface area contributed by atoms with Crippen LogP contribution in [0.3, 0.4) is 0 Å². The zero-order chi connectivity index (χ0) is 31.2. The molecule has 1 heterocycles. The minimum Gasteiger partial charge on any atom is -0.447 e. The monoisotopic (exact) mass is 629 g/mol. The zero-order valence-electron chi connectivity index (χ0n) is 25.5. The van der Waals surface area contributed by atoms with E-state index >= 15 is 0 Å². The van der Waals surface area contributed by atoms with Crippen LogP contribution in [0.2, 0.25) is 0 Å². The SMILES string of the molecule is CC(C)OC(=O)NC1CCC(c2ncc(C3=CC=C(NC(=O)NCc4ccccc4)CC3S(=O)(=O)NC(C)(C)C)s2)CC1. The lowest BCUT2D eigenvalue weighted by atomic mass is 9.86. The van der Waals surface area contributed by atoms with E-state index in [9.17, 15) is 18.0 Å². The molecule has 12 heteroatoms. The maximum Gasteiger partial charge on any atom is 0.407 e.